The largest absolute Gasteiger partial charge is 0.479 e. The van der Waals surface area contributed by atoms with Crippen molar-refractivity contribution in [2.75, 3.05) is 13.2 Å². The standard InChI is InChI=1S/C12H17N3O4S/c1-11(2,3)8-7(20-15-14-8)9(16)13-12(10(17)18)4-5-19-6-12/h4-6H2,1-3H3,(H,13,16)(H,17,18). The van der Waals surface area contributed by atoms with E-state index in [1.165, 1.54) is 0 Å². The van der Waals surface area contributed by atoms with E-state index in [4.69, 9.17) is 4.74 Å². The number of nitrogens with zero attached hydrogens (tertiary/aromatic N) is 2. The zero-order valence-electron chi connectivity index (χ0n) is 11.6. The van der Waals surface area contributed by atoms with Crippen LogP contribution in [-0.2, 0) is 14.9 Å². The van der Waals surface area contributed by atoms with Crippen molar-refractivity contribution in [2.24, 2.45) is 0 Å². The number of carboxylic acid groups (broad SMARTS) is 1. The van der Waals surface area contributed by atoms with Crippen molar-refractivity contribution in [1.29, 1.82) is 0 Å². The maximum Gasteiger partial charge on any atom is 0.331 e. The molecule has 1 aliphatic rings. The van der Waals surface area contributed by atoms with Crippen LogP contribution >= 0.6 is 11.5 Å². The quantitative estimate of drug-likeness (QED) is 0.856. The predicted molar refractivity (Wildman–Crippen MR) is 71.9 cm³/mol. The third-order valence-electron chi connectivity index (χ3n) is 3.19. The summed E-state index contributed by atoms with van der Waals surface area (Å²) in [6.07, 6.45) is 0.255. The summed E-state index contributed by atoms with van der Waals surface area (Å²) in [6, 6.07) is 0. The van der Waals surface area contributed by atoms with E-state index in [-0.39, 0.29) is 18.4 Å². The first kappa shape index (κ1) is 14.9. The number of aliphatic carboxylic acids is 1. The van der Waals surface area contributed by atoms with Crippen LogP contribution in [0.5, 0.6) is 0 Å². The van der Waals surface area contributed by atoms with Gasteiger partial charge in [0.05, 0.1) is 12.3 Å². The Morgan fingerprint density at radius 3 is 2.65 bits per heavy atom. The van der Waals surface area contributed by atoms with Gasteiger partial charge in [0.1, 0.15) is 4.88 Å². The number of carbonyl (C=O) groups is 2. The zero-order chi connectivity index (χ0) is 15.0. The third kappa shape index (κ3) is 2.66. The summed E-state index contributed by atoms with van der Waals surface area (Å²) in [7, 11) is 0. The highest BCUT2D eigenvalue weighted by atomic mass is 32.1. The first-order valence-electron chi connectivity index (χ1n) is 6.23. The molecule has 7 nitrogen and oxygen atoms in total. The monoisotopic (exact) mass is 299 g/mol. The van der Waals surface area contributed by atoms with Gasteiger partial charge in [0.25, 0.3) is 5.91 Å². The van der Waals surface area contributed by atoms with Gasteiger partial charge in [-0.05, 0) is 11.5 Å². The van der Waals surface area contributed by atoms with Crippen molar-refractivity contribution in [3.63, 3.8) is 0 Å². The Balaban J connectivity index is 2.25. The number of nitrogens with one attached hydrogen (secondary N) is 1. The minimum Gasteiger partial charge on any atom is -0.479 e. The molecule has 1 atom stereocenters. The summed E-state index contributed by atoms with van der Waals surface area (Å²) in [6.45, 7) is 6.06. The number of hydrogen-bond donors (Lipinski definition) is 2. The first-order chi connectivity index (χ1) is 9.26. The van der Waals surface area contributed by atoms with Crippen LogP contribution in [0.25, 0.3) is 0 Å². The van der Waals surface area contributed by atoms with Gasteiger partial charge in [0, 0.05) is 18.4 Å². The molecule has 1 amide bonds. The second kappa shape index (κ2) is 5.10. The maximum absolute atomic E-state index is 12.3. The highest BCUT2D eigenvalue weighted by Crippen LogP contribution is 2.27. The molecule has 0 bridgehead atoms. The molecule has 0 saturated carbocycles. The van der Waals surface area contributed by atoms with Crippen LogP contribution in [-0.4, -0.2) is 45.3 Å². The number of hydrogen-bond acceptors (Lipinski definition) is 6. The van der Waals surface area contributed by atoms with Crippen molar-refractivity contribution >= 4 is 23.4 Å². The van der Waals surface area contributed by atoms with Crippen molar-refractivity contribution in [2.45, 2.75) is 38.1 Å². The molecule has 0 aliphatic carbocycles. The smallest absolute Gasteiger partial charge is 0.331 e. The molecule has 1 aliphatic heterocycles. The van der Waals surface area contributed by atoms with Crippen LogP contribution in [0.4, 0.5) is 0 Å². The van der Waals surface area contributed by atoms with Crippen molar-refractivity contribution in [3.05, 3.63) is 10.6 Å². The average Bonchev–Trinajstić information content (AvgIpc) is 2.96. The van der Waals surface area contributed by atoms with E-state index in [1.807, 2.05) is 20.8 Å². The minimum atomic E-state index is -1.35. The first-order valence-corrected chi connectivity index (χ1v) is 7.00. The Labute approximate surface area is 120 Å². The highest BCUT2D eigenvalue weighted by molar-refractivity contribution is 7.08. The molecule has 1 unspecified atom stereocenters. The normalized spacial score (nSPS) is 22.8. The van der Waals surface area contributed by atoms with Crippen LogP contribution in [0.2, 0.25) is 0 Å². The fraction of sp³-hybridized carbons (Fsp3) is 0.667. The van der Waals surface area contributed by atoms with Crippen molar-refractivity contribution in [1.82, 2.24) is 14.9 Å². The topological polar surface area (TPSA) is 101 Å². The second-order valence-electron chi connectivity index (χ2n) is 5.84. The van der Waals surface area contributed by atoms with Gasteiger partial charge in [-0.3, -0.25) is 4.79 Å². The minimum absolute atomic E-state index is 0.0227. The van der Waals surface area contributed by atoms with Crippen LogP contribution < -0.4 is 5.32 Å². The van der Waals surface area contributed by atoms with Crippen LogP contribution in [0.1, 0.15) is 42.6 Å². The van der Waals surface area contributed by atoms with Crippen LogP contribution in [0.3, 0.4) is 0 Å². The summed E-state index contributed by atoms with van der Waals surface area (Å²) in [4.78, 5) is 24.1. The summed E-state index contributed by atoms with van der Waals surface area (Å²) >= 11 is 0.971. The SMILES string of the molecule is CC(C)(C)c1nnsc1C(=O)NC1(C(=O)O)CCOC1. The van der Waals surface area contributed by atoms with E-state index in [9.17, 15) is 14.7 Å². The molecule has 20 heavy (non-hydrogen) atoms. The summed E-state index contributed by atoms with van der Waals surface area (Å²) < 4.78 is 8.92. The zero-order valence-corrected chi connectivity index (χ0v) is 12.4. The lowest BCUT2D eigenvalue weighted by Gasteiger charge is -2.24. The summed E-state index contributed by atoms with van der Waals surface area (Å²) in [5.74, 6) is -1.55. The Bertz CT molecular complexity index is 529. The molecule has 1 saturated heterocycles. The van der Waals surface area contributed by atoms with Gasteiger partial charge in [-0.15, -0.1) is 5.10 Å². The lowest BCUT2D eigenvalue weighted by Crippen LogP contribution is -2.55. The molecule has 8 heteroatoms. The molecule has 0 aromatic carbocycles. The summed E-state index contributed by atoms with van der Waals surface area (Å²) in [5, 5.41) is 15.9. The molecule has 0 radical (unpaired) electrons. The van der Waals surface area contributed by atoms with E-state index in [0.717, 1.165) is 11.5 Å². The maximum atomic E-state index is 12.3. The van der Waals surface area contributed by atoms with E-state index in [2.05, 4.69) is 14.9 Å². The molecule has 1 fully saturated rings. The Kier molecular flexibility index (Phi) is 3.79. The predicted octanol–water partition coefficient (Wildman–Crippen LogP) is 0.809. The van der Waals surface area contributed by atoms with Gasteiger partial charge in [-0.2, -0.15) is 0 Å². The van der Waals surface area contributed by atoms with E-state index in [0.29, 0.717) is 17.2 Å². The number of rotatable bonds is 3. The second-order valence-corrected chi connectivity index (χ2v) is 6.60. The lowest BCUT2D eigenvalue weighted by molar-refractivity contribution is -0.144. The Morgan fingerprint density at radius 2 is 2.15 bits per heavy atom. The van der Waals surface area contributed by atoms with E-state index >= 15 is 0 Å². The number of carboxylic acids is 1. The molecule has 1 aromatic heterocycles. The third-order valence-corrected chi connectivity index (χ3v) is 3.91. The van der Waals surface area contributed by atoms with Crippen LogP contribution in [0.15, 0.2) is 0 Å². The lowest BCUT2D eigenvalue weighted by atomic mass is 9.91. The number of amides is 1. The van der Waals surface area contributed by atoms with Gasteiger partial charge in [0.15, 0.2) is 5.54 Å². The molecular formula is C12H17N3O4S. The van der Waals surface area contributed by atoms with Gasteiger partial charge < -0.3 is 15.2 Å². The molecular weight excluding hydrogens is 282 g/mol. The molecule has 1 aromatic rings. The molecule has 2 heterocycles. The van der Waals surface area contributed by atoms with Gasteiger partial charge in [0.2, 0.25) is 0 Å². The Morgan fingerprint density at radius 1 is 1.45 bits per heavy atom. The fourth-order valence-electron chi connectivity index (χ4n) is 1.99. The number of aromatic nitrogens is 2. The van der Waals surface area contributed by atoms with Crippen molar-refractivity contribution in [3.8, 4) is 0 Å². The number of ether oxygens (including phenoxy) is 1. The molecule has 2 N–H and O–H groups in total. The number of carbonyl (C=O) groups excluding carboxylic acids is 1. The Hall–Kier alpha value is -1.54. The van der Waals surface area contributed by atoms with E-state index < -0.39 is 17.4 Å². The van der Waals surface area contributed by atoms with Gasteiger partial charge >= 0.3 is 5.97 Å². The molecule has 2 rings (SSSR count). The van der Waals surface area contributed by atoms with E-state index in [1.54, 1.807) is 0 Å². The van der Waals surface area contributed by atoms with Gasteiger partial charge in [-0.25, -0.2) is 4.79 Å². The van der Waals surface area contributed by atoms with Crippen LogP contribution in [0, 0.1) is 0 Å². The fourth-order valence-corrected chi connectivity index (χ4v) is 2.76. The molecule has 0 spiro atoms. The molecule has 110 valence electrons. The van der Waals surface area contributed by atoms with Gasteiger partial charge in [-0.1, -0.05) is 25.3 Å². The highest BCUT2D eigenvalue weighted by Gasteiger charge is 2.45. The average molecular weight is 299 g/mol. The van der Waals surface area contributed by atoms with Crippen molar-refractivity contribution < 1.29 is 19.4 Å². The summed E-state index contributed by atoms with van der Waals surface area (Å²) in [5.41, 5.74) is -1.11.